The fourth-order valence-electron chi connectivity index (χ4n) is 2.97. The zero-order valence-corrected chi connectivity index (χ0v) is 14.8. The summed E-state index contributed by atoms with van der Waals surface area (Å²) in [4.78, 5) is 12.3. The topological polar surface area (TPSA) is 59.4 Å². The van der Waals surface area contributed by atoms with Crippen LogP contribution >= 0.6 is 0 Å². The Balaban J connectivity index is 1.91. The van der Waals surface area contributed by atoms with E-state index < -0.39 is 15.3 Å². The number of sulfonamides is 1. The third kappa shape index (κ3) is 3.30. The van der Waals surface area contributed by atoms with E-state index in [1.54, 1.807) is 24.5 Å². The predicted octanol–water partition coefficient (Wildman–Crippen LogP) is 1.99. The molecule has 0 fully saturated rings. The Morgan fingerprint density at radius 1 is 1.12 bits per heavy atom. The lowest BCUT2D eigenvalue weighted by molar-refractivity contribution is 0.384. The standard InChI is InChI=1S/C18H22N2O3S/c1-14(2)24(22,23)20-9-8-16-10-18(21)19(12-17(16)13-20)11-15-6-4-3-5-7-15/h3-7,10,12,14H,8-9,11,13H2,1-2H3. The molecule has 2 heterocycles. The number of hydrogen-bond donors (Lipinski definition) is 0. The molecule has 1 aliphatic rings. The lowest BCUT2D eigenvalue weighted by Crippen LogP contribution is -2.40. The molecule has 0 atom stereocenters. The second-order valence-corrected chi connectivity index (χ2v) is 8.94. The molecule has 1 aromatic carbocycles. The minimum absolute atomic E-state index is 0.0437. The number of aromatic nitrogens is 1. The molecule has 0 aliphatic carbocycles. The van der Waals surface area contributed by atoms with Crippen molar-refractivity contribution in [2.24, 2.45) is 0 Å². The third-order valence-corrected chi connectivity index (χ3v) is 6.66. The molecule has 128 valence electrons. The van der Waals surface area contributed by atoms with Gasteiger partial charge in [-0.15, -0.1) is 0 Å². The molecule has 1 aliphatic heterocycles. The average molecular weight is 346 g/mol. The SMILES string of the molecule is CC(C)S(=O)(=O)N1CCc2cc(=O)n(Cc3ccccc3)cc2C1. The summed E-state index contributed by atoms with van der Waals surface area (Å²) >= 11 is 0. The van der Waals surface area contributed by atoms with Gasteiger partial charge in [-0.2, -0.15) is 4.31 Å². The molecule has 6 heteroatoms. The molecule has 0 unspecified atom stereocenters. The average Bonchev–Trinajstić information content (AvgIpc) is 2.56. The summed E-state index contributed by atoms with van der Waals surface area (Å²) in [7, 11) is -3.28. The summed E-state index contributed by atoms with van der Waals surface area (Å²) in [5, 5.41) is -0.436. The van der Waals surface area contributed by atoms with Gasteiger partial charge in [0, 0.05) is 25.4 Å². The van der Waals surface area contributed by atoms with E-state index in [9.17, 15) is 13.2 Å². The first-order valence-electron chi connectivity index (χ1n) is 8.13. The van der Waals surface area contributed by atoms with Crippen LogP contribution in [0.4, 0.5) is 0 Å². The summed E-state index contributed by atoms with van der Waals surface area (Å²) in [6, 6.07) is 11.4. The van der Waals surface area contributed by atoms with Crippen molar-refractivity contribution < 1.29 is 8.42 Å². The molecule has 3 rings (SSSR count). The van der Waals surface area contributed by atoms with E-state index in [1.165, 1.54) is 4.31 Å². The van der Waals surface area contributed by atoms with E-state index >= 15 is 0 Å². The Morgan fingerprint density at radius 2 is 1.83 bits per heavy atom. The van der Waals surface area contributed by atoms with E-state index in [2.05, 4.69) is 0 Å². The third-order valence-electron chi connectivity index (χ3n) is 4.43. The van der Waals surface area contributed by atoms with Crippen molar-refractivity contribution in [2.45, 2.75) is 38.6 Å². The van der Waals surface area contributed by atoms with Crippen LogP contribution in [-0.2, 0) is 29.5 Å². The number of rotatable bonds is 4. The Morgan fingerprint density at radius 3 is 2.50 bits per heavy atom. The Labute approximate surface area is 142 Å². The number of hydrogen-bond acceptors (Lipinski definition) is 3. The van der Waals surface area contributed by atoms with Crippen LogP contribution in [0, 0.1) is 0 Å². The summed E-state index contributed by atoms with van der Waals surface area (Å²) in [5.74, 6) is 0. The van der Waals surface area contributed by atoms with Crippen molar-refractivity contribution >= 4 is 10.0 Å². The van der Waals surface area contributed by atoms with Gasteiger partial charge in [-0.05, 0) is 37.0 Å². The molecule has 0 saturated heterocycles. The second kappa shape index (κ2) is 6.53. The van der Waals surface area contributed by atoms with Gasteiger partial charge in [0.25, 0.3) is 5.56 Å². The van der Waals surface area contributed by atoms with Gasteiger partial charge in [-0.25, -0.2) is 8.42 Å². The van der Waals surface area contributed by atoms with Crippen LogP contribution in [0.2, 0.25) is 0 Å². The Bertz CT molecular complexity index is 886. The summed E-state index contributed by atoms with van der Waals surface area (Å²) in [5.41, 5.74) is 2.88. The monoisotopic (exact) mass is 346 g/mol. The number of benzene rings is 1. The van der Waals surface area contributed by atoms with Crippen molar-refractivity contribution in [1.82, 2.24) is 8.87 Å². The van der Waals surface area contributed by atoms with Crippen LogP contribution in [0.5, 0.6) is 0 Å². The van der Waals surface area contributed by atoms with E-state index in [1.807, 2.05) is 36.5 Å². The summed E-state index contributed by atoms with van der Waals surface area (Å²) in [6.45, 7) is 4.66. The molecule has 0 bridgehead atoms. The van der Waals surface area contributed by atoms with Crippen LogP contribution in [0.1, 0.15) is 30.5 Å². The molecule has 0 radical (unpaired) electrons. The quantitative estimate of drug-likeness (QED) is 0.851. The van der Waals surface area contributed by atoms with Crippen molar-refractivity contribution in [2.75, 3.05) is 6.54 Å². The number of pyridine rings is 1. The molecule has 0 spiro atoms. The van der Waals surface area contributed by atoms with Crippen LogP contribution < -0.4 is 5.56 Å². The fraction of sp³-hybridized carbons (Fsp3) is 0.389. The lowest BCUT2D eigenvalue weighted by atomic mass is 10.0. The highest BCUT2D eigenvalue weighted by atomic mass is 32.2. The molecular formula is C18H22N2O3S. The van der Waals surface area contributed by atoms with Crippen LogP contribution in [0.15, 0.2) is 47.4 Å². The maximum absolute atomic E-state index is 12.4. The van der Waals surface area contributed by atoms with Crippen LogP contribution in [0.25, 0.3) is 0 Å². The first-order valence-corrected chi connectivity index (χ1v) is 9.63. The maximum Gasteiger partial charge on any atom is 0.251 e. The minimum atomic E-state index is -3.28. The first kappa shape index (κ1) is 16.9. The molecular weight excluding hydrogens is 324 g/mol. The second-order valence-electron chi connectivity index (χ2n) is 6.45. The van der Waals surface area contributed by atoms with Gasteiger partial charge < -0.3 is 4.57 Å². The first-order chi connectivity index (χ1) is 11.4. The van der Waals surface area contributed by atoms with Crippen molar-refractivity contribution in [3.8, 4) is 0 Å². The van der Waals surface area contributed by atoms with Crippen molar-refractivity contribution in [3.63, 3.8) is 0 Å². The van der Waals surface area contributed by atoms with Gasteiger partial charge >= 0.3 is 0 Å². The van der Waals surface area contributed by atoms with Gasteiger partial charge in [0.05, 0.1) is 11.8 Å². The Kier molecular flexibility index (Phi) is 4.60. The van der Waals surface area contributed by atoms with Gasteiger partial charge in [0.1, 0.15) is 0 Å². The predicted molar refractivity (Wildman–Crippen MR) is 94.4 cm³/mol. The number of nitrogens with zero attached hydrogens (tertiary/aromatic N) is 2. The molecule has 0 N–H and O–H groups in total. The van der Waals surface area contributed by atoms with Crippen molar-refractivity contribution in [1.29, 1.82) is 0 Å². The van der Waals surface area contributed by atoms with Crippen LogP contribution in [-0.4, -0.2) is 29.1 Å². The smallest absolute Gasteiger partial charge is 0.251 e. The zero-order chi connectivity index (χ0) is 17.3. The highest BCUT2D eigenvalue weighted by molar-refractivity contribution is 7.89. The molecule has 0 amide bonds. The minimum Gasteiger partial charge on any atom is -0.311 e. The lowest BCUT2D eigenvalue weighted by Gasteiger charge is -2.29. The summed E-state index contributed by atoms with van der Waals surface area (Å²) in [6.07, 6.45) is 2.40. The fourth-order valence-corrected chi connectivity index (χ4v) is 4.23. The number of fused-ring (bicyclic) bond motifs is 1. The molecule has 2 aromatic rings. The molecule has 5 nitrogen and oxygen atoms in total. The van der Waals surface area contributed by atoms with Gasteiger partial charge in [-0.3, -0.25) is 4.79 Å². The largest absolute Gasteiger partial charge is 0.311 e. The van der Waals surface area contributed by atoms with Gasteiger partial charge in [-0.1, -0.05) is 30.3 Å². The van der Waals surface area contributed by atoms with Crippen LogP contribution in [0.3, 0.4) is 0 Å². The highest BCUT2D eigenvalue weighted by Gasteiger charge is 2.29. The molecule has 24 heavy (non-hydrogen) atoms. The normalized spacial score (nSPS) is 15.5. The maximum atomic E-state index is 12.4. The van der Waals surface area contributed by atoms with E-state index in [0.717, 1.165) is 16.7 Å². The van der Waals surface area contributed by atoms with E-state index in [0.29, 0.717) is 26.1 Å². The Hall–Kier alpha value is -1.92. The summed E-state index contributed by atoms with van der Waals surface area (Å²) < 4.78 is 28.0. The van der Waals surface area contributed by atoms with Gasteiger partial charge in [0.15, 0.2) is 0 Å². The van der Waals surface area contributed by atoms with E-state index in [4.69, 9.17) is 0 Å². The van der Waals surface area contributed by atoms with Gasteiger partial charge in [0.2, 0.25) is 10.0 Å². The molecule has 1 aromatic heterocycles. The highest BCUT2D eigenvalue weighted by Crippen LogP contribution is 2.22. The van der Waals surface area contributed by atoms with E-state index in [-0.39, 0.29) is 5.56 Å². The van der Waals surface area contributed by atoms with Crippen molar-refractivity contribution in [3.05, 3.63) is 69.6 Å². The zero-order valence-electron chi connectivity index (χ0n) is 14.0. The molecule has 0 saturated carbocycles.